The molecule has 0 aliphatic heterocycles. The second kappa shape index (κ2) is 7.41. The number of ketones is 2. The number of likely N-dealkylation sites (N-methyl/N-ethyl adjacent to an activating group) is 1. The summed E-state index contributed by atoms with van der Waals surface area (Å²) in [5.74, 6) is 0.0562. The number of benzene rings is 3. The highest BCUT2D eigenvalue weighted by molar-refractivity contribution is 6.22. The first-order chi connectivity index (χ1) is 14.0. The van der Waals surface area contributed by atoms with E-state index in [1.54, 1.807) is 6.07 Å². The molecule has 0 radical (unpaired) electrons. The quantitative estimate of drug-likeness (QED) is 0.438. The zero-order valence-electron chi connectivity index (χ0n) is 17.1. The number of Topliss-reactive ketones (excluding diaryl/α,β-unsaturated/α-hetero) is 1. The number of nitrogens with zero attached hydrogens (tertiary/aromatic N) is 1. The van der Waals surface area contributed by atoms with Gasteiger partial charge in [0.2, 0.25) is 0 Å². The first-order valence-corrected chi connectivity index (χ1v) is 10.0. The second-order valence-corrected chi connectivity index (χ2v) is 7.91. The van der Waals surface area contributed by atoms with Crippen molar-refractivity contribution in [3.63, 3.8) is 0 Å². The van der Waals surface area contributed by atoms with Crippen LogP contribution in [0.3, 0.4) is 0 Å². The number of carbonyl (C=O) groups is 2. The predicted molar refractivity (Wildman–Crippen MR) is 116 cm³/mol. The molecular weight excluding hydrogens is 358 g/mol. The zero-order chi connectivity index (χ0) is 20.6. The number of carbonyl (C=O) groups excluding carboxylic acids is 2. The van der Waals surface area contributed by atoms with E-state index in [-0.39, 0.29) is 11.6 Å². The van der Waals surface area contributed by atoms with Crippen LogP contribution in [0.5, 0.6) is 0 Å². The summed E-state index contributed by atoms with van der Waals surface area (Å²) >= 11 is 0. The number of hydrogen-bond donors (Lipinski definition) is 0. The molecule has 0 fully saturated rings. The summed E-state index contributed by atoms with van der Waals surface area (Å²) in [6.07, 6.45) is 1.31. The molecule has 3 heteroatoms. The Balaban J connectivity index is 1.76. The van der Waals surface area contributed by atoms with Crippen molar-refractivity contribution in [1.82, 2.24) is 4.90 Å². The Bertz CT molecular complexity index is 1080. The van der Waals surface area contributed by atoms with Gasteiger partial charge in [-0.15, -0.1) is 0 Å². The fourth-order valence-corrected chi connectivity index (χ4v) is 4.41. The van der Waals surface area contributed by atoms with E-state index in [1.165, 1.54) is 0 Å². The van der Waals surface area contributed by atoms with Crippen molar-refractivity contribution in [3.8, 4) is 11.1 Å². The predicted octanol–water partition coefficient (Wildman–Crippen LogP) is 5.03. The molecule has 146 valence electrons. The van der Waals surface area contributed by atoms with Crippen LogP contribution in [0, 0.1) is 0 Å². The van der Waals surface area contributed by atoms with E-state index in [0.29, 0.717) is 29.5 Å². The van der Waals surface area contributed by atoms with Crippen LogP contribution in [0.15, 0.2) is 72.8 Å². The summed E-state index contributed by atoms with van der Waals surface area (Å²) in [6, 6.07) is 23.3. The van der Waals surface area contributed by atoms with Gasteiger partial charge in [0, 0.05) is 16.7 Å². The van der Waals surface area contributed by atoms with Gasteiger partial charge >= 0.3 is 0 Å². The zero-order valence-corrected chi connectivity index (χ0v) is 17.1. The molecule has 0 bridgehead atoms. The van der Waals surface area contributed by atoms with E-state index < -0.39 is 5.54 Å². The van der Waals surface area contributed by atoms with Crippen LogP contribution < -0.4 is 0 Å². The molecule has 0 heterocycles. The van der Waals surface area contributed by atoms with Crippen LogP contribution in [-0.4, -0.2) is 36.1 Å². The SMILES string of the molecule is CCC(Cc1ccccc1)(C(=O)c1ccc2c(c1)C(=O)c1ccccc1-2)N(C)C. The summed E-state index contributed by atoms with van der Waals surface area (Å²) < 4.78 is 0. The van der Waals surface area contributed by atoms with Crippen LogP contribution in [0.2, 0.25) is 0 Å². The molecule has 0 saturated carbocycles. The minimum absolute atomic E-state index is 0.000242. The van der Waals surface area contributed by atoms with Crippen molar-refractivity contribution >= 4 is 11.6 Å². The molecule has 0 saturated heterocycles. The Labute approximate surface area is 172 Å². The maximum Gasteiger partial charge on any atom is 0.194 e. The lowest BCUT2D eigenvalue weighted by molar-refractivity contribution is 0.0666. The Morgan fingerprint density at radius 2 is 1.45 bits per heavy atom. The summed E-state index contributed by atoms with van der Waals surface area (Å²) in [5, 5.41) is 0. The Morgan fingerprint density at radius 3 is 2.10 bits per heavy atom. The first kappa shape index (κ1) is 19.3. The van der Waals surface area contributed by atoms with Gasteiger partial charge in [-0.05, 0) is 49.7 Å². The lowest BCUT2D eigenvalue weighted by Gasteiger charge is -2.38. The molecule has 1 atom stereocenters. The van der Waals surface area contributed by atoms with Gasteiger partial charge in [-0.3, -0.25) is 14.5 Å². The van der Waals surface area contributed by atoms with E-state index in [2.05, 4.69) is 19.1 Å². The highest BCUT2D eigenvalue weighted by atomic mass is 16.1. The van der Waals surface area contributed by atoms with Gasteiger partial charge in [-0.25, -0.2) is 0 Å². The minimum atomic E-state index is -0.663. The van der Waals surface area contributed by atoms with E-state index in [0.717, 1.165) is 16.7 Å². The monoisotopic (exact) mass is 383 g/mol. The lowest BCUT2D eigenvalue weighted by Crippen LogP contribution is -2.52. The summed E-state index contributed by atoms with van der Waals surface area (Å²) in [5.41, 5.74) is 4.26. The number of fused-ring (bicyclic) bond motifs is 3. The van der Waals surface area contributed by atoms with Gasteiger partial charge in [0.25, 0.3) is 0 Å². The Hall–Kier alpha value is -3.04. The normalized spacial score (nSPS) is 14.4. The maximum atomic E-state index is 13.8. The van der Waals surface area contributed by atoms with Crippen LogP contribution in [0.4, 0.5) is 0 Å². The third kappa shape index (κ3) is 3.12. The minimum Gasteiger partial charge on any atom is -0.297 e. The van der Waals surface area contributed by atoms with Crippen molar-refractivity contribution in [2.24, 2.45) is 0 Å². The largest absolute Gasteiger partial charge is 0.297 e. The van der Waals surface area contributed by atoms with Crippen LogP contribution in [0.1, 0.15) is 45.2 Å². The molecule has 3 nitrogen and oxygen atoms in total. The van der Waals surface area contributed by atoms with Crippen molar-refractivity contribution in [2.75, 3.05) is 14.1 Å². The first-order valence-electron chi connectivity index (χ1n) is 10.0. The molecule has 3 aromatic carbocycles. The van der Waals surface area contributed by atoms with E-state index in [9.17, 15) is 9.59 Å². The highest BCUT2D eigenvalue weighted by Gasteiger charge is 2.40. The van der Waals surface area contributed by atoms with E-state index in [4.69, 9.17) is 0 Å². The topological polar surface area (TPSA) is 37.4 Å². The molecule has 4 rings (SSSR count). The highest BCUT2D eigenvalue weighted by Crippen LogP contribution is 2.38. The van der Waals surface area contributed by atoms with Gasteiger partial charge in [0.1, 0.15) is 0 Å². The van der Waals surface area contributed by atoms with Gasteiger partial charge in [0.05, 0.1) is 5.54 Å². The fourth-order valence-electron chi connectivity index (χ4n) is 4.41. The molecule has 1 aliphatic carbocycles. The van der Waals surface area contributed by atoms with Crippen molar-refractivity contribution in [1.29, 1.82) is 0 Å². The van der Waals surface area contributed by atoms with Crippen LogP contribution >= 0.6 is 0 Å². The third-order valence-corrected chi connectivity index (χ3v) is 6.19. The maximum absolute atomic E-state index is 13.8. The molecule has 29 heavy (non-hydrogen) atoms. The number of rotatable bonds is 6. The van der Waals surface area contributed by atoms with Crippen LogP contribution in [0.25, 0.3) is 11.1 Å². The third-order valence-electron chi connectivity index (χ3n) is 6.19. The average Bonchev–Trinajstić information content (AvgIpc) is 3.04. The second-order valence-electron chi connectivity index (χ2n) is 7.91. The fraction of sp³-hybridized carbons (Fsp3) is 0.231. The van der Waals surface area contributed by atoms with E-state index in [1.807, 2.05) is 73.6 Å². The molecule has 0 N–H and O–H groups in total. The molecule has 0 spiro atoms. The van der Waals surface area contributed by atoms with Gasteiger partial charge in [0.15, 0.2) is 11.6 Å². The molecule has 3 aromatic rings. The summed E-state index contributed by atoms with van der Waals surface area (Å²) in [4.78, 5) is 28.7. The molecular formula is C26H25NO2. The van der Waals surface area contributed by atoms with E-state index >= 15 is 0 Å². The molecule has 1 aliphatic rings. The Kier molecular flexibility index (Phi) is 4.93. The van der Waals surface area contributed by atoms with Gasteiger partial charge in [-0.1, -0.05) is 73.7 Å². The standard InChI is InChI=1S/C26H25NO2/c1-4-26(27(2)3,17-18-10-6-5-7-11-18)25(29)19-14-15-21-20-12-8-9-13-22(20)24(28)23(21)16-19/h5-16H,4,17H2,1-3H3. The lowest BCUT2D eigenvalue weighted by atomic mass is 9.79. The summed E-state index contributed by atoms with van der Waals surface area (Å²) in [7, 11) is 3.91. The van der Waals surface area contributed by atoms with Gasteiger partial charge in [-0.2, -0.15) is 0 Å². The van der Waals surface area contributed by atoms with Crippen molar-refractivity contribution in [2.45, 2.75) is 25.3 Å². The molecule has 0 aromatic heterocycles. The van der Waals surface area contributed by atoms with Crippen molar-refractivity contribution < 1.29 is 9.59 Å². The van der Waals surface area contributed by atoms with Crippen LogP contribution in [-0.2, 0) is 6.42 Å². The van der Waals surface area contributed by atoms with Gasteiger partial charge < -0.3 is 0 Å². The molecule has 0 amide bonds. The number of hydrogen-bond acceptors (Lipinski definition) is 3. The smallest absolute Gasteiger partial charge is 0.194 e. The average molecular weight is 383 g/mol. The Morgan fingerprint density at radius 1 is 0.828 bits per heavy atom. The molecule has 1 unspecified atom stereocenters. The van der Waals surface area contributed by atoms with Crippen molar-refractivity contribution in [3.05, 3.63) is 95.1 Å². The summed E-state index contributed by atoms with van der Waals surface area (Å²) in [6.45, 7) is 2.05.